The monoisotopic (exact) mass is 302 g/mol. The predicted octanol–water partition coefficient (Wildman–Crippen LogP) is 3.96. The molecule has 0 saturated heterocycles. The molecule has 0 fully saturated rings. The van der Waals surface area contributed by atoms with Crippen molar-refractivity contribution in [3.8, 4) is 0 Å². The lowest BCUT2D eigenvalue weighted by molar-refractivity contribution is 0.491. The molecule has 0 amide bonds. The number of hydrazine groups is 1. The van der Waals surface area contributed by atoms with Crippen molar-refractivity contribution in [2.45, 2.75) is 39.2 Å². The van der Waals surface area contributed by atoms with Crippen LogP contribution in [0.4, 0.5) is 0 Å². The molecule has 3 N–H and O–H groups in total. The summed E-state index contributed by atoms with van der Waals surface area (Å²) < 4.78 is 0. The third-order valence-corrected chi connectivity index (χ3v) is 4.29. The Labute approximate surface area is 132 Å². The average molecular weight is 303 g/mol. The van der Waals surface area contributed by atoms with E-state index < -0.39 is 0 Å². The van der Waals surface area contributed by atoms with E-state index in [0.29, 0.717) is 0 Å². The van der Waals surface area contributed by atoms with E-state index in [0.717, 1.165) is 29.8 Å². The smallest absolute Gasteiger partial charge is 0.0441 e. The summed E-state index contributed by atoms with van der Waals surface area (Å²) in [4.78, 5) is 0. The fourth-order valence-electron chi connectivity index (χ4n) is 2.55. The van der Waals surface area contributed by atoms with Crippen LogP contribution in [0, 0.1) is 13.8 Å². The van der Waals surface area contributed by atoms with Gasteiger partial charge in [0.15, 0.2) is 0 Å². The zero-order valence-corrected chi connectivity index (χ0v) is 13.5. The Morgan fingerprint density at radius 3 is 2.52 bits per heavy atom. The molecule has 0 spiro atoms. The van der Waals surface area contributed by atoms with Crippen molar-refractivity contribution in [2.75, 3.05) is 0 Å². The number of rotatable bonds is 6. The van der Waals surface area contributed by atoms with Gasteiger partial charge in [0.05, 0.1) is 0 Å². The van der Waals surface area contributed by atoms with Gasteiger partial charge in [-0.1, -0.05) is 48.0 Å². The normalized spacial score (nSPS) is 12.4. The van der Waals surface area contributed by atoms with E-state index in [4.69, 9.17) is 17.4 Å². The standard InChI is InChI=1S/C18H23ClN2/c1-13-7-8-16(18(19)11-13)12-17(21-20)10-9-15-6-4-3-5-14(15)2/h3-8,11,17,21H,9-10,12,20H2,1-2H3. The Morgan fingerprint density at radius 2 is 1.86 bits per heavy atom. The van der Waals surface area contributed by atoms with Crippen LogP contribution in [0.25, 0.3) is 0 Å². The lowest BCUT2D eigenvalue weighted by Crippen LogP contribution is -2.37. The van der Waals surface area contributed by atoms with Gasteiger partial charge < -0.3 is 0 Å². The summed E-state index contributed by atoms with van der Waals surface area (Å²) >= 11 is 6.30. The summed E-state index contributed by atoms with van der Waals surface area (Å²) in [6.45, 7) is 4.20. The molecule has 21 heavy (non-hydrogen) atoms. The largest absolute Gasteiger partial charge is 0.271 e. The van der Waals surface area contributed by atoms with Gasteiger partial charge >= 0.3 is 0 Å². The van der Waals surface area contributed by atoms with Gasteiger partial charge in [0.25, 0.3) is 0 Å². The van der Waals surface area contributed by atoms with Crippen LogP contribution >= 0.6 is 11.6 Å². The highest BCUT2D eigenvalue weighted by Gasteiger charge is 2.11. The fraction of sp³-hybridized carbons (Fsp3) is 0.333. The summed E-state index contributed by atoms with van der Waals surface area (Å²) in [5.74, 6) is 5.71. The van der Waals surface area contributed by atoms with Gasteiger partial charge in [-0.15, -0.1) is 0 Å². The van der Waals surface area contributed by atoms with E-state index in [-0.39, 0.29) is 6.04 Å². The van der Waals surface area contributed by atoms with Crippen LogP contribution in [0.2, 0.25) is 5.02 Å². The predicted molar refractivity (Wildman–Crippen MR) is 90.5 cm³/mol. The molecular formula is C18H23ClN2. The van der Waals surface area contributed by atoms with Crippen molar-refractivity contribution in [1.82, 2.24) is 5.43 Å². The van der Waals surface area contributed by atoms with E-state index in [1.165, 1.54) is 16.7 Å². The molecule has 1 atom stereocenters. The van der Waals surface area contributed by atoms with Crippen LogP contribution in [0.15, 0.2) is 42.5 Å². The minimum atomic E-state index is 0.227. The summed E-state index contributed by atoms with van der Waals surface area (Å²) in [5, 5.41) is 0.825. The second kappa shape index (κ2) is 7.60. The highest BCUT2D eigenvalue weighted by Crippen LogP contribution is 2.20. The number of nitrogens with two attached hydrogens (primary N) is 1. The van der Waals surface area contributed by atoms with E-state index >= 15 is 0 Å². The molecule has 0 heterocycles. The number of nitrogens with one attached hydrogen (secondary N) is 1. The molecule has 0 aliphatic carbocycles. The minimum absolute atomic E-state index is 0.227. The van der Waals surface area contributed by atoms with Crippen LogP contribution in [0.3, 0.4) is 0 Å². The highest BCUT2D eigenvalue weighted by molar-refractivity contribution is 6.31. The molecule has 0 radical (unpaired) electrons. The first kappa shape index (κ1) is 16.0. The van der Waals surface area contributed by atoms with Crippen LogP contribution in [-0.4, -0.2) is 6.04 Å². The minimum Gasteiger partial charge on any atom is -0.271 e. The van der Waals surface area contributed by atoms with Crippen molar-refractivity contribution in [3.05, 3.63) is 69.7 Å². The van der Waals surface area contributed by atoms with Crippen LogP contribution in [0.1, 0.15) is 28.7 Å². The average Bonchev–Trinajstić information content (AvgIpc) is 2.47. The van der Waals surface area contributed by atoms with Crippen molar-refractivity contribution in [2.24, 2.45) is 5.84 Å². The summed E-state index contributed by atoms with van der Waals surface area (Å²) in [7, 11) is 0. The number of aryl methyl sites for hydroxylation is 3. The fourth-order valence-corrected chi connectivity index (χ4v) is 2.86. The molecule has 2 nitrogen and oxygen atoms in total. The van der Waals surface area contributed by atoms with Gasteiger partial charge in [-0.3, -0.25) is 11.3 Å². The summed E-state index contributed by atoms with van der Waals surface area (Å²) in [6.07, 6.45) is 2.86. The maximum Gasteiger partial charge on any atom is 0.0441 e. The highest BCUT2D eigenvalue weighted by atomic mass is 35.5. The second-order valence-electron chi connectivity index (χ2n) is 5.63. The van der Waals surface area contributed by atoms with Crippen molar-refractivity contribution in [1.29, 1.82) is 0 Å². The van der Waals surface area contributed by atoms with Crippen LogP contribution < -0.4 is 11.3 Å². The molecule has 0 bridgehead atoms. The summed E-state index contributed by atoms with van der Waals surface area (Å²) in [6, 6.07) is 14.9. The Bertz CT molecular complexity index is 596. The van der Waals surface area contributed by atoms with Crippen molar-refractivity contribution < 1.29 is 0 Å². The van der Waals surface area contributed by atoms with E-state index in [2.05, 4.69) is 48.7 Å². The lowest BCUT2D eigenvalue weighted by Gasteiger charge is -2.17. The third kappa shape index (κ3) is 4.57. The summed E-state index contributed by atoms with van der Waals surface area (Å²) in [5.41, 5.74) is 7.97. The quantitative estimate of drug-likeness (QED) is 0.626. The molecule has 0 aliphatic rings. The topological polar surface area (TPSA) is 38.0 Å². The molecule has 2 aromatic carbocycles. The SMILES string of the molecule is Cc1ccc(CC(CCc2ccccc2C)NN)c(Cl)c1. The molecule has 112 valence electrons. The first-order valence-corrected chi connectivity index (χ1v) is 7.73. The first-order valence-electron chi connectivity index (χ1n) is 7.36. The van der Waals surface area contributed by atoms with Gasteiger partial charge in [-0.2, -0.15) is 0 Å². The Balaban J connectivity index is 1.99. The van der Waals surface area contributed by atoms with Gasteiger partial charge in [0.2, 0.25) is 0 Å². The molecule has 0 aromatic heterocycles. The molecule has 2 aromatic rings. The number of halogens is 1. The van der Waals surface area contributed by atoms with Gasteiger partial charge in [0, 0.05) is 11.1 Å². The Hall–Kier alpha value is -1.35. The van der Waals surface area contributed by atoms with E-state index in [1.54, 1.807) is 0 Å². The first-order chi connectivity index (χ1) is 10.1. The van der Waals surface area contributed by atoms with Gasteiger partial charge in [-0.05, 0) is 61.4 Å². The Morgan fingerprint density at radius 1 is 1.10 bits per heavy atom. The lowest BCUT2D eigenvalue weighted by atomic mass is 9.97. The van der Waals surface area contributed by atoms with Gasteiger partial charge in [-0.25, -0.2) is 0 Å². The third-order valence-electron chi connectivity index (χ3n) is 3.93. The molecule has 3 heteroatoms. The second-order valence-corrected chi connectivity index (χ2v) is 6.03. The zero-order valence-electron chi connectivity index (χ0n) is 12.7. The molecule has 0 aliphatic heterocycles. The van der Waals surface area contributed by atoms with E-state index in [9.17, 15) is 0 Å². The van der Waals surface area contributed by atoms with Crippen molar-refractivity contribution in [3.63, 3.8) is 0 Å². The van der Waals surface area contributed by atoms with Crippen LogP contribution in [-0.2, 0) is 12.8 Å². The van der Waals surface area contributed by atoms with Gasteiger partial charge in [0.1, 0.15) is 0 Å². The molecule has 0 saturated carbocycles. The van der Waals surface area contributed by atoms with Crippen molar-refractivity contribution >= 4 is 11.6 Å². The Kier molecular flexibility index (Phi) is 5.80. The molecule has 2 rings (SSSR count). The molecular weight excluding hydrogens is 280 g/mol. The zero-order chi connectivity index (χ0) is 15.2. The number of hydrogen-bond acceptors (Lipinski definition) is 2. The maximum absolute atomic E-state index is 6.30. The number of benzene rings is 2. The van der Waals surface area contributed by atoms with E-state index in [1.807, 2.05) is 13.0 Å². The van der Waals surface area contributed by atoms with Crippen LogP contribution in [0.5, 0.6) is 0 Å². The maximum atomic E-state index is 6.30. The molecule has 1 unspecified atom stereocenters. The number of hydrogen-bond donors (Lipinski definition) is 2.